The van der Waals surface area contributed by atoms with Crippen molar-refractivity contribution in [2.24, 2.45) is 0 Å². The average molecular weight is 267 g/mol. The van der Waals surface area contributed by atoms with Crippen LogP contribution in [-0.2, 0) is 9.53 Å². The average Bonchev–Trinajstić information content (AvgIpc) is 2.37. The molecule has 6 heteroatoms. The summed E-state index contributed by atoms with van der Waals surface area (Å²) in [5, 5.41) is 2.68. The quantitative estimate of drug-likeness (QED) is 0.801. The van der Waals surface area contributed by atoms with Crippen LogP contribution in [0.1, 0.15) is 5.56 Å². The van der Waals surface area contributed by atoms with Crippen LogP contribution in [0.25, 0.3) is 0 Å². The number of hydrogen-bond donors (Lipinski definition) is 2. The summed E-state index contributed by atoms with van der Waals surface area (Å²) < 4.78 is 18.7. The molecule has 1 aliphatic heterocycles. The fraction of sp³-hybridized carbons (Fsp3) is 0.462. The molecular formula is C13H18FN3O2. The third kappa shape index (κ3) is 3.65. The number of nitrogen functional groups attached to an aromatic ring is 1. The van der Waals surface area contributed by atoms with Crippen LogP contribution in [-0.4, -0.2) is 43.7 Å². The van der Waals surface area contributed by atoms with E-state index in [4.69, 9.17) is 10.5 Å². The normalized spacial score (nSPS) is 16.3. The van der Waals surface area contributed by atoms with Gasteiger partial charge in [-0.15, -0.1) is 0 Å². The van der Waals surface area contributed by atoms with Crippen LogP contribution in [0.3, 0.4) is 0 Å². The van der Waals surface area contributed by atoms with Crippen molar-refractivity contribution < 1.29 is 13.9 Å². The van der Waals surface area contributed by atoms with Gasteiger partial charge in [0.15, 0.2) is 0 Å². The first kappa shape index (κ1) is 13.8. The Morgan fingerprint density at radius 1 is 1.47 bits per heavy atom. The number of hydrogen-bond acceptors (Lipinski definition) is 4. The SMILES string of the molecule is Cc1cc(NC(=O)CN2CCOCC2)cc(F)c1N. The molecule has 1 saturated heterocycles. The van der Waals surface area contributed by atoms with E-state index in [1.54, 1.807) is 13.0 Å². The maximum absolute atomic E-state index is 13.4. The van der Waals surface area contributed by atoms with E-state index in [0.717, 1.165) is 13.1 Å². The fourth-order valence-corrected chi connectivity index (χ4v) is 1.99. The number of carbonyl (C=O) groups is 1. The van der Waals surface area contributed by atoms with Gasteiger partial charge in [0.1, 0.15) is 5.82 Å². The molecule has 3 N–H and O–H groups in total. The topological polar surface area (TPSA) is 67.6 Å². The number of halogens is 1. The number of benzene rings is 1. The molecule has 0 bridgehead atoms. The Hall–Kier alpha value is -1.66. The smallest absolute Gasteiger partial charge is 0.238 e. The first-order valence-electron chi connectivity index (χ1n) is 6.22. The lowest BCUT2D eigenvalue weighted by molar-refractivity contribution is -0.118. The van der Waals surface area contributed by atoms with Crippen molar-refractivity contribution in [3.63, 3.8) is 0 Å². The van der Waals surface area contributed by atoms with Gasteiger partial charge in [0.2, 0.25) is 5.91 Å². The maximum Gasteiger partial charge on any atom is 0.238 e. The van der Waals surface area contributed by atoms with E-state index in [0.29, 0.717) is 24.5 Å². The molecule has 0 atom stereocenters. The van der Waals surface area contributed by atoms with Crippen molar-refractivity contribution >= 4 is 17.3 Å². The molecule has 1 aliphatic rings. The second kappa shape index (κ2) is 5.99. The summed E-state index contributed by atoms with van der Waals surface area (Å²) in [6.07, 6.45) is 0. The summed E-state index contributed by atoms with van der Waals surface area (Å²) in [5.41, 5.74) is 6.68. The number of nitrogens with two attached hydrogens (primary N) is 1. The van der Waals surface area contributed by atoms with Crippen LogP contribution >= 0.6 is 0 Å². The van der Waals surface area contributed by atoms with Crippen LogP contribution < -0.4 is 11.1 Å². The van der Waals surface area contributed by atoms with E-state index < -0.39 is 5.82 Å². The molecule has 0 unspecified atom stereocenters. The molecule has 0 saturated carbocycles. The molecule has 2 rings (SSSR count). The van der Waals surface area contributed by atoms with Crippen molar-refractivity contribution in [2.45, 2.75) is 6.92 Å². The van der Waals surface area contributed by atoms with Gasteiger partial charge >= 0.3 is 0 Å². The molecule has 1 fully saturated rings. The lowest BCUT2D eigenvalue weighted by atomic mass is 10.1. The summed E-state index contributed by atoms with van der Waals surface area (Å²) in [7, 11) is 0. The van der Waals surface area contributed by atoms with Crippen LogP contribution in [0.5, 0.6) is 0 Å². The third-order valence-electron chi connectivity index (χ3n) is 3.09. The van der Waals surface area contributed by atoms with Crippen molar-refractivity contribution in [1.82, 2.24) is 4.90 Å². The number of anilines is 2. The molecule has 1 aromatic carbocycles. The van der Waals surface area contributed by atoms with Gasteiger partial charge in [-0.3, -0.25) is 9.69 Å². The first-order chi connectivity index (χ1) is 9.06. The summed E-state index contributed by atoms with van der Waals surface area (Å²) in [6, 6.07) is 2.90. The second-order valence-corrected chi connectivity index (χ2v) is 4.63. The predicted octanol–water partition coefficient (Wildman–Crippen LogP) is 0.987. The highest BCUT2D eigenvalue weighted by Gasteiger charge is 2.14. The summed E-state index contributed by atoms with van der Waals surface area (Å²) in [6.45, 7) is 4.75. The molecule has 0 radical (unpaired) electrons. The van der Waals surface area contributed by atoms with Gasteiger partial charge in [-0.05, 0) is 24.6 Å². The lowest BCUT2D eigenvalue weighted by Gasteiger charge is -2.25. The van der Waals surface area contributed by atoms with Crippen LogP contribution in [0.2, 0.25) is 0 Å². The third-order valence-corrected chi connectivity index (χ3v) is 3.09. The van der Waals surface area contributed by atoms with Crippen molar-refractivity contribution in [3.05, 3.63) is 23.5 Å². The molecule has 104 valence electrons. The number of amides is 1. The minimum absolute atomic E-state index is 0.117. The molecule has 0 spiro atoms. The van der Waals surface area contributed by atoms with Gasteiger partial charge in [0.05, 0.1) is 25.4 Å². The molecule has 5 nitrogen and oxygen atoms in total. The Morgan fingerprint density at radius 2 is 2.16 bits per heavy atom. The highest BCUT2D eigenvalue weighted by atomic mass is 19.1. The molecule has 1 heterocycles. The number of nitrogens with one attached hydrogen (secondary N) is 1. The van der Waals surface area contributed by atoms with Crippen LogP contribution in [0.15, 0.2) is 12.1 Å². The first-order valence-corrected chi connectivity index (χ1v) is 6.22. The summed E-state index contributed by atoms with van der Waals surface area (Å²) in [5.74, 6) is -0.674. The highest BCUT2D eigenvalue weighted by molar-refractivity contribution is 5.92. The zero-order valence-corrected chi connectivity index (χ0v) is 10.9. The van der Waals surface area contributed by atoms with Crippen LogP contribution in [0, 0.1) is 12.7 Å². The molecule has 19 heavy (non-hydrogen) atoms. The molecule has 0 aliphatic carbocycles. The molecular weight excluding hydrogens is 249 g/mol. The lowest BCUT2D eigenvalue weighted by Crippen LogP contribution is -2.41. The number of ether oxygens (including phenoxy) is 1. The van der Waals surface area contributed by atoms with Gasteiger partial charge < -0.3 is 15.8 Å². The van der Waals surface area contributed by atoms with E-state index >= 15 is 0 Å². The van der Waals surface area contributed by atoms with Gasteiger partial charge in [-0.1, -0.05) is 0 Å². The standard InChI is InChI=1S/C13H18FN3O2/c1-9-6-10(7-11(14)13(9)15)16-12(18)8-17-2-4-19-5-3-17/h6-7H,2-5,8,15H2,1H3,(H,16,18). The van der Waals surface area contributed by atoms with Crippen molar-refractivity contribution in [2.75, 3.05) is 43.9 Å². The number of morpholine rings is 1. The van der Waals surface area contributed by atoms with E-state index in [1.807, 2.05) is 4.90 Å². The number of carbonyl (C=O) groups excluding carboxylic acids is 1. The largest absolute Gasteiger partial charge is 0.396 e. The van der Waals surface area contributed by atoms with Crippen molar-refractivity contribution in [3.8, 4) is 0 Å². The Labute approximate surface area is 111 Å². The second-order valence-electron chi connectivity index (χ2n) is 4.63. The predicted molar refractivity (Wildman–Crippen MR) is 71.4 cm³/mol. The zero-order chi connectivity index (χ0) is 13.8. The molecule has 1 aromatic rings. The van der Waals surface area contributed by atoms with E-state index in [1.165, 1.54) is 6.07 Å². The van der Waals surface area contributed by atoms with Crippen LogP contribution in [0.4, 0.5) is 15.8 Å². The Kier molecular flexibility index (Phi) is 4.34. The Balaban J connectivity index is 1.94. The van der Waals surface area contributed by atoms with Gasteiger partial charge in [0, 0.05) is 18.8 Å². The number of nitrogens with zero attached hydrogens (tertiary/aromatic N) is 1. The number of rotatable bonds is 3. The maximum atomic E-state index is 13.4. The highest BCUT2D eigenvalue weighted by Crippen LogP contribution is 2.21. The Morgan fingerprint density at radius 3 is 2.79 bits per heavy atom. The minimum atomic E-state index is -0.512. The van der Waals surface area contributed by atoms with E-state index in [2.05, 4.69) is 5.32 Å². The molecule has 1 amide bonds. The zero-order valence-electron chi connectivity index (χ0n) is 10.9. The van der Waals surface area contributed by atoms with Gasteiger partial charge in [-0.25, -0.2) is 4.39 Å². The van der Waals surface area contributed by atoms with E-state index in [-0.39, 0.29) is 18.1 Å². The monoisotopic (exact) mass is 267 g/mol. The van der Waals surface area contributed by atoms with Gasteiger partial charge in [-0.2, -0.15) is 0 Å². The van der Waals surface area contributed by atoms with Crippen molar-refractivity contribution in [1.29, 1.82) is 0 Å². The Bertz CT molecular complexity index is 450. The van der Waals surface area contributed by atoms with E-state index in [9.17, 15) is 9.18 Å². The molecule has 0 aromatic heterocycles. The number of aryl methyl sites for hydroxylation is 1. The van der Waals surface area contributed by atoms with Gasteiger partial charge in [0.25, 0.3) is 0 Å². The minimum Gasteiger partial charge on any atom is -0.396 e. The summed E-state index contributed by atoms with van der Waals surface area (Å²) >= 11 is 0. The summed E-state index contributed by atoms with van der Waals surface area (Å²) in [4.78, 5) is 13.8. The fourth-order valence-electron chi connectivity index (χ4n) is 1.99.